The molecule has 0 bridgehead atoms. The van der Waals surface area contributed by atoms with E-state index in [1.54, 1.807) is 30.3 Å². The van der Waals surface area contributed by atoms with Gasteiger partial charge in [0.1, 0.15) is 0 Å². The molecule has 2 rings (SSSR count). The summed E-state index contributed by atoms with van der Waals surface area (Å²) < 4.78 is 4.91. The van der Waals surface area contributed by atoms with E-state index in [-0.39, 0.29) is 11.7 Å². The minimum atomic E-state index is -0.354. The lowest BCUT2D eigenvalue weighted by Crippen LogP contribution is -2.11. The lowest BCUT2D eigenvalue weighted by atomic mass is 10.1. The highest BCUT2D eigenvalue weighted by molar-refractivity contribution is 6.04. The molecule has 0 fully saturated rings. The number of rotatable bonds is 3. The van der Waals surface area contributed by atoms with Gasteiger partial charge in [-0.25, -0.2) is 0 Å². The number of hydrogen-bond donors (Lipinski definition) is 2. The van der Waals surface area contributed by atoms with E-state index in [0.29, 0.717) is 22.6 Å². The summed E-state index contributed by atoms with van der Waals surface area (Å²) in [6.45, 7) is 0. The normalized spacial score (nSPS) is 9.60. The van der Waals surface area contributed by atoms with E-state index in [1.165, 1.54) is 19.2 Å². The van der Waals surface area contributed by atoms with Crippen LogP contribution in [0.4, 0.5) is 5.69 Å². The molecule has 100 valence electrons. The Hall–Kier alpha value is -3.00. The van der Waals surface area contributed by atoms with E-state index in [0.717, 1.165) is 0 Å². The maximum Gasteiger partial charge on any atom is 0.255 e. The van der Waals surface area contributed by atoms with Gasteiger partial charge < -0.3 is 15.2 Å². The Bertz CT molecular complexity index is 673. The fraction of sp³-hybridized carbons (Fsp3) is 0.0667. The summed E-state index contributed by atoms with van der Waals surface area (Å²) in [4.78, 5) is 12.0. The van der Waals surface area contributed by atoms with Gasteiger partial charge in [-0.05, 0) is 42.5 Å². The molecule has 5 nitrogen and oxygen atoms in total. The van der Waals surface area contributed by atoms with Crippen molar-refractivity contribution in [3.8, 4) is 17.6 Å². The van der Waals surface area contributed by atoms with Crippen LogP contribution >= 0.6 is 0 Å². The molecule has 0 aliphatic heterocycles. The van der Waals surface area contributed by atoms with E-state index >= 15 is 0 Å². The van der Waals surface area contributed by atoms with Gasteiger partial charge in [0.25, 0.3) is 5.91 Å². The van der Waals surface area contributed by atoms with Crippen molar-refractivity contribution in [3.63, 3.8) is 0 Å². The molecule has 2 aromatic carbocycles. The average Bonchev–Trinajstić information content (AvgIpc) is 2.48. The van der Waals surface area contributed by atoms with Gasteiger partial charge in [-0.15, -0.1) is 0 Å². The summed E-state index contributed by atoms with van der Waals surface area (Å²) >= 11 is 0. The highest BCUT2D eigenvalue weighted by Crippen LogP contribution is 2.26. The summed E-state index contributed by atoms with van der Waals surface area (Å²) in [5.74, 6) is -0.146. The van der Waals surface area contributed by atoms with Gasteiger partial charge in [0.05, 0.1) is 18.7 Å². The number of phenolic OH excluding ortho intramolecular Hbond substituents is 1. The number of methoxy groups -OCH3 is 1. The third-order valence-electron chi connectivity index (χ3n) is 2.71. The number of phenols is 1. The van der Waals surface area contributed by atoms with Gasteiger partial charge >= 0.3 is 0 Å². The number of carbonyl (C=O) groups excluding carboxylic acids is 1. The van der Waals surface area contributed by atoms with E-state index < -0.39 is 0 Å². The summed E-state index contributed by atoms with van der Waals surface area (Å²) in [5, 5.41) is 21.0. The third-order valence-corrected chi connectivity index (χ3v) is 2.71. The first kappa shape index (κ1) is 13.4. The van der Waals surface area contributed by atoms with Crippen molar-refractivity contribution < 1.29 is 14.6 Å². The molecule has 0 aliphatic carbocycles. The first-order chi connectivity index (χ1) is 9.63. The Morgan fingerprint density at radius 3 is 2.50 bits per heavy atom. The van der Waals surface area contributed by atoms with Crippen molar-refractivity contribution >= 4 is 11.6 Å². The Kier molecular flexibility index (Phi) is 3.87. The number of aromatic hydroxyl groups is 1. The smallest absolute Gasteiger partial charge is 0.255 e. The number of benzene rings is 2. The Balaban J connectivity index is 2.15. The van der Waals surface area contributed by atoms with Crippen LogP contribution in [-0.2, 0) is 0 Å². The molecule has 5 heteroatoms. The summed E-state index contributed by atoms with van der Waals surface area (Å²) in [7, 11) is 1.44. The molecule has 2 N–H and O–H groups in total. The Morgan fingerprint density at radius 1 is 1.25 bits per heavy atom. The molecule has 20 heavy (non-hydrogen) atoms. The fourth-order valence-electron chi connectivity index (χ4n) is 1.66. The second-order valence-electron chi connectivity index (χ2n) is 4.03. The number of nitrogens with one attached hydrogen (secondary N) is 1. The minimum Gasteiger partial charge on any atom is -0.504 e. The van der Waals surface area contributed by atoms with Crippen LogP contribution in [0.5, 0.6) is 11.5 Å². The van der Waals surface area contributed by atoms with Gasteiger partial charge in [0.2, 0.25) is 0 Å². The zero-order valence-electron chi connectivity index (χ0n) is 10.8. The second-order valence-corrected chi connectivity index (χ2v) is 4.03. The predicted octanol–water partition coefficient (Wildman–Crippen LogP) is 2.52. The topological polar surface area (TPSA) is 82.3 Å². The molecule has 1 amide bonds. The molecular formula is C15H12N2O3. The molecule has 2 aromatic rings. The van der Waals surface area contributed by atoms with Gasteiger partial charge in [0.15, 0.2) is 11.5 Å². The quantitative estimate of drug-likeness (QED) is 0.896. The molecule has 0 radical (unpaired) electrons. The van der Waals surface area contributed by atoms with Crippen molar-refractivity contribution in [3.05, 3.63) is 53.6 Å². The standard InChI is InChI=1S/C15H12N2O3/c1-20-14-7-4-11(8-13(14)18)15(19)17-12-5-2-10(9-16)3-6-12/h2-8,18H,1H3,(H,17,19). The van der Waals surface area contributed by atoms with Crippen molar-refractivity contribution in [2.75, 3.05) is 12.4 Å². The first-order valence-corrected chi connectivity index (χ1v) is 5.82. The largest absolute Gasteiger partial charge is 0.504 e. The van der Waals surface area contributed by atoms with Crippen molar-refractivity contribution in [2.24, 2.45) is 0 Å². The van der Waals surface area contributed by atoms with Gasteiger partial charge in [0, 0.05) is 11.3 Å². The highest BCUT2D eigenvalue weighted by Gasteiger charge is 2.09. The van der Waals surface area contributed by atoms with E-state index in [4.69, 9.17) is 10.00 Å². The fourth-order valence-corrected chi connectivity index (χ4v) is 1.66. The number of anilines is 1. The van der Waals surface area contributed by atoms with Crippen LogP contribution in [0.25, 0.3) is 0 Å². The third kappa shape index (κ3) is 2.87. The number of carbonyl (C=O) groups is 1. The molecule has 0 spiro atoms. The van der Waals surface area contributed by atoms with Crippen molar-refractivity contribution in [2.45, 2.75) is 0 Å². The van der Waals surface area contributed by atoms with E-state index in [2.05, 4.69) is 5.32 Å². The first-order valence-electron chi connectivity index (χ1n) is 5.82. The van der Waals surface area contributed by atoms with Crippen LogP contribution in [0, 0.1) is 11.3 Å². The monoisotopic (exact) mass is 268 g/mol. The molecule has 0 atom stereocenters. The SMILES string of the molecule is COc1ccc(C(=O)Nc2ccc(C#N)cc2)cc1O. The van der Waals surface area contributed by atoms with Crippen molar-refractivity contribution in [1.29, 1.82) is 5.26 Å². The molecule has 0 saturated carbocycles. The Labute approximate surface area is 116 Å². The summed E-state index contributed by atoms with van der Waals surface area (Å²) in [5.41, 5.74) is 1.40. The lowest BCUT2D eigenvalue weighted by Gasteiger charge is -2.07. The maximum atomic E-state index is 12.0. The van der Waals surface area contributed by atoms with Crippen LogP contribution in [0.3, 0.4) is 0 Å². The summed E-state index contributed by atoms with van der Waals surface area (Å²) in [6.07, 6.45) is 0. The van der Waals surface area contributed by atoms with Crippen LogP contribution in [0.15, 0.2) is 42.5 Å². The van der Waals surface area contributed by atoms with Crippen LogP contribution < -0.4 is 10.1 Å². The number of ether oxygens (including phenoxy) is 1. The number of amides is 1. The Morgan fingerprint density at radius 2 is 1.95 bits per heavy atom. The molecule has 0 unspecified atom stereocenters. The van der Waals surface area contributed by atoms with Gasteiger partial charge in [-0.3, -0.25) is 4.79 Å². The molecule has 0 heterocycles. The van der Waals surface area contributed by atoms with Crippen LogP contribution in [0.2, 0.25) is 0 Å². The zero-order chi connectivity index (χ0) is 14.5. The molecule has 0 aromatic heterocycles. The predicted molar refractivity (Wildman–Crippen MR) is 73.8 cm³/mol. The highest BCUT2D eigenvalue weighted by atomic mass is 16.5. The van der Waals surface area contributed by atoms with E-state index in [9.17, 15) is 9.90 Å². The number of nitriles is 1. The molecule has 0 aliphatic rings. The van der Waals surface area contributed by atoms with Gasteiger partial charge in [-0.1, -0.05) is 0 Å². The van der Waals surface area contributed by atoms with Crippen LogP contribution in [-0.4, -0.2) is 18.1 Å². The average molecular weight is 268 g/mol. The van der Waals surface area contributed by atoms with Crippen LogP contribution in [0.1, 0.15) is 15.9 Å². The molecule has 0 saturated heterocycles. The number of hydrogen-bond acceptors (Lipinski definition) is 4. The summed E-state index contributed by atoms with van der Waals surface area (Å²) in [6, 6.07) is 12.9. The lowest BCUT2D eigenvalue weighted by molar-refractivity contribution is 0.102. The van der Waals surface area contributed by atoms with Crippen molar-refractivity contribution in [1.82, 2.24) is 0 Å². The number of nitrogens with zero attached hydrogens (tertiary/aromatic N) is 1. The van der Waals surface area contributed by atoms with Gasteiger partial charge in [-0.2, -0.15) is 5.26 Å². The molecular weight excluding hydrogens is 256 g/mol. The van der Waals surface area contributed by atoms with E-state index in [1.807, 2.05) is 6.07 Å². The minimum absolute atomic E-state index is 0.0972. The maximum absolute atomic E-state index is 12.0. The second kappa shape index (κ2) is 5.76. The zero-order valence-corrected chi connectivity index (χ0v) is 10.8.